The second kappa shape index (κ2) is 9.91. The van der Waals surface area contributed by atoms with E-state index >= 15 is 0 Å². The molecule has 0 saturated carbocycles. The molecule has 0 unspecified atom stereocenters. The molecule has 0 amide bonds. The van der Waals surface area contributed by atoms with Gasteiger partial charge in [-0.1, -0.05) is 121 Å². The van der Waals surface area contributed by atoms with Crippen LogP contribution in [0.4, 0.5) is 0 Å². The minimum atomic E-state index is 1.23. The third-order valence-corrected chi connectivity index (χ3v) is 12.2. The molecular weight excluding hydrogens is 621 g/mol. The molecule has 8 aromatic carbocycles. The van der Waals surface area contributed by atoms with Crippen LogP contribution >= 0.6 is 22.7 Å². The quantitative estimate of drug-likeness (QED) is 0.131. The predicted molar refractivity (Wildman–Crippen MR) is 208 cm³/mol. The van der Waals surface area contributed by atoms with Gasteiger partial charge in [0.15, 0.2) is 0 Å². The zero-order valence-electron chi connectivity index (χ0n) is 25.7. The first-order valence-electron chi connectivity index (χ1n) is 16.3. The maximum Gasteiger partial charge on any atom is 0.0884 e. The van der Waals surface area contributed by atoms with E-state index < -0.39 is 0 Å². The molecule has 0 radical (unpaired) electrons. The van der Waals surface area contributed by atoms with E-state index in [-0.39, 0.29) is 0 Å². The van der Waals surface area contributed by atoms with Crippen LogP contribution in [0.5, 0.6) is 0 Å². The van der Waals surface area contributed by atoms with E-state index in [1.807, 2.05) is 22.7 Å². The average Bonchev–Trinajstić information content (AvgIpc) is 3.16. The van der Waals surface area contributed by atoms with Crippen molar-refractivity contribution in [3.8, 4) is 33.6 Å². The maximum absolute atomic E-state index is 2.56. The molecule has 8 aromatic rings. The standard InChI is InChI=1S/C44H26N2S2/c1-3-11-27(12-4-1)29-19-21-35-39(25-29)47-43-33-17-9-7-15-31(33)24-38-41(43)45(35)37-23-32-16-8-10-18-34(32)44-42(37)46(38)36-22-20-30(26-40(36)48-44)28-13-5-2-6-14-28/h1-26H. The fraction of sp³-hybridized carbons (Fsp3) is 0. The van der Waals surface area contributed by atoms with Crippen LogP contribution in [0.3, 0.4) is 0 Å². The molecule has 0 atom stereocenters. The summed E-state index contributed by atoms with van der Waals surface area (Å²) in [5.41, 5.74) is 12.4. The van der Waals surface area contributed by atoms with Crippen LogP contribution in [-0.4, -0.2) is 9.13 Å². The number of rotatable bonds is 2. The summed E-state index contributed by atoms with van der Waals surface area (Å²) in [5.74, 6) is 0. The van der Waals surface area contributed by atoms with Gasteiger partial charge < -0.3 is 9.13 Å². The molecule has 0 aliphatic carbocycles. The summed E-state index contributed by atoms with van der Waals surface area (Å²) in [6, 6.07) is 58.1. The molecule has 3 aliphatic rings. The summed E-state index contributed by atoms with van der Waals surface area (Å²) in [4.78, 5) is 0. The summed E-state index contributed by atoms with van der Waals surface area (Å²) in [6.45, 7) is 0. The summed E-state index contributed by atoms with van der Waals surface area (Å²) < 4.78 is 10.3. The molecular formula is C44H26N2S2. The highest BCUT2D eigenvalue weighted by Gasteiger charge is 2.27. The third kappa shape index (κ3) is 3.67. The largest absolute Gasteiger partial charge is 0.304 e. The highest BCUT2D eigenvalue weighted by atomic mass is 32.1. The van der Waals surface area contributed by atoms with Gasteiger partial charge in [0.05, 0.1) is 52.2 Å². The number of hydrogen-bond acceptors (Lipinski definition) is 2. The SMILES string of the molecule is c1ccc(-c2ccc3c(c2)sc2c4c(cc5ccccc52)n2c5ccc(-c6ccccc6)cc5sc5c-2c(cc2ccccc25)n3-4)cc1. The summed E-state index contributed by atoms with van der Waals surface area (Å²) in [7, 11) is 0. The van der Waals surface area contributed by atoms with Gasteiger partial charge in [0.25, 0.3) is 0 Å². The third-order valence-electron chi connectivity index (χ3n) is 9.88. The molecule has 3 aliphatic heterocycles. The van der Waals surface area contributed by atoms with Gasteiger partial charge in [0, 0.05) is 10.8 Å². The van der Waals surface area contributed by atoms with E-state index in [0.717, 1.165) is 0 Å². The Morgan fingerprint density at radius 2 is 0.750 bits per heavy atom. The number of fused-ring (bicyclic) bond motifs is 10. The Morgan fingerprint density at radius 1 is 0.333 bits per heavy atom. The number of hydrogen-bond donors (Lipinski definition) is 0. The Kier molecular flexibility index (Phi) is 5.45. The van der Waals surface area contributed by atoms with Crippen LogP contribution in [0.2, 0.25) is 0 Å². The van der Waals surface area contributed by atoms with Crippen molar-refractivity contribution < 1.29 is 0 Å². The molecule has 0 spiro atoms. The first-order chi connectivity index (χ1) is 23.8. The van der Waals surface area contributed by atoms with E-state index in [0.29, 0.717) is 0 Å². The van der Waals surface area contributed by atoms with Crippen molar-refractivity contribution in [2.75, 3.05) is 0 Å². The highest BCUT2D eigenvalue weighted by molar-refractivity contribution is 7.25. The predicted octanol–water partition coefficient (Wildman–Crippen LogP) is 13.1. The number of nitrogens with zero attached hydrogens (tertiary/aromatic N) is 2. The molecule has 224 valence electrons. The van der Waals surface area contributed by atoms with Crippen molar-refractivity contribution in [3.63, 3.8) is 0 Å². The van der Waals surface area contributed by atoms with Gasteiger partial charge in [-0.25, -0.2) is 0 Å². The summed E-state index contributed by atoms with van der Waals surface area (Å²) >= 11 is 3.82. The van der Waals surface area contributed by atoms with E-state index in [4.69, 9.17) is 0 Å². The van der Waals surface area contributed by atoms with Gasteiger partial charge in [0.2, 0.25) is 0 Å². The maximum atomic E-state index is 2.56. The van der Waals surface area contributed by atoms with Crippen LogP contribution in [0, 0.1) is 0 Å². The minimum Gasteiger partial charge on any atom is -0.304 e. The monoisotopic (exact) mass is 646 g/mol. The normalized spacial score (nSPS) is 12.2. The minimum absolute atomic E-state index is 1.23. The zero-order valence-corrected chi connectivity index (χ0v) is 27.4. The van der Waals surface area contributed by atoms with E-state index in [1.54, 1.807) is 0 Å². The van der Waals surface area contributed by atoms with Crippen LogP contribution < -0.4 is 0 Å². The Hall–Kier alpha value is -5.68. The Bertz CT molecular complexity index is 2790. The smallest absolute Gasteiger partial charge is 0.0884 e. The zero-order chi connectivity index (χ0) is 31.3. The van der Waals surface area contributed by atoms with Crippen LogP contribution in [0.15, 0.2) is 158 Å². The number of benzene rings is 8. The second-order valence-electron chi connectivity index (χ2n) is 12.6. The van der Waals surface area contributed by atoms with Crippen LogP contribution in [-0.2, 0) is 0 Å². The second-order valence-corrected chi connectivity index (χ2v) is 14.7. The molecule has 48 heavy (non-hydrogen) atoms. The van der Waals surface area contributed by atoms with Gasteiger partial charge >= 0.3 is 0 Å². The molecule has 0 saturated heterocycles. The van der Waals surface area contributed by atoms with Crippen molar-refractivity contribution >= 4 is 85.1 Å². The lowest BCUT2D eigenvalue weighted by Crippen LogP contribution is -2.13. The molecule has 3 heterocycles. The van der Waals surface area contributed by atoms with Gasteiger partial charge in [-0.15, -0.1) is 22.7 Å². The molecule has 4 heteroatoms. The lowest BCUT2D eigenvalue weighted by atomic mass is 10.0. The fourth-order valence-electron chi connectivity index (χ4n) is 7.70. The fourth-order valence-corrected chi connectivity index (χ4v) is 10.2. The lowest BCUT2D eigenvalue weighted by molar-refractivity contribution is 1.08. The van der Waals surface area contributed by atoms with E-state index in [1.165, 1.54) is 96.0 Å². The van der Waals surface area contributed by atoms with Gasteiger partial charge in [-0.2, -0.15) is 0 Å². The van der Waals surface area contributed by atoms with Crippen molar-refractivity contribution in [3.05, 3.63) is 158 Å². The van der Waals surface area contributed by atoms with E-state index in [9.17, 15) is 0 Å². The van der Waals surface area contributed by atoms with Crippen molar-refractivity contribution in [2.45, 2.75) is 0 Å². The molecule has 2 nitrogen and oxygen atoms in total. The average molecular weight is 647 g/mol. The molecule has 0 N–H and O–H groups in total. The molecule has 0 fully saturated rings. The first-order valence-corrected chi connectivity index (χ1v) is 17.9. The van der Waals surface area contributed by atoms with Crippen LogP contribution in [0.25, 0.3) is 96.0 Å². The summed E-state index contributed by atoms with van der Waals surface area (Å²) in [6.07, 6.45) is 0. The van der Waals surface area contributed by atoms with Gasteiger partial charge in [-0.3, -0.25) is 0 Å². The Labute approximate surface area is 284 Å². The summed E-state index contributed by atoms with van der Waals surface area (Å²) in [5, 5.41) is 5.09. The van der Waals surface area contributed by atoms with E-state index in [2.05, 4.69) is 167 Å². The molecule has 0 bridgehead atoms. The topological polar surface area (TPSA) is 9.86 Å². The van der Waals surface area contributed by atoms with Crippen molar-refractivity contribution in [2.24, 2.45) is 0 Å². The lowest BCUT2D eigenvalue weighted by Gasteiger charge is -2.30. The van der Waals surface area contributed by atoms with Crippen molar-refractivity contribution in [1.29, 1.82) is 0 Å². The molecule has 0 aromatic heterocycles. The van der Waals surface area contributed by atoms with Gasteiger partial charge in [0.1, 0.15) is 0 Å². The molecule has 11 rings (SSSR count). The highest BCUT2D eigenvalue weighted by Crippen LogP contribution is 2.49. The number of aromatic nitrogens is 2. The van der Waals surface area contributed by atoms with Crippen LogP contribution in [0.1, 0.15) is 0 Å². The van der Waals surface area contributed by atoms with Crippen molar-refractivity contribution in [1.82, 2.24) is 9.13 Å². The van der Waals surface area contributed by atoms with Gasteiger partial charge in [-0.05, 0) is 69.4 Å². The Morgan fingerprint density at radius 3 is 1.21 bits per heavy atom. The Balaban J connectivity index is 1.39. The first kappa shape index (κ1) is 26.4.